The smallest absolute Gasteiger partial charge is 0.343 e. The van der Waals surface area contributed by atoms with Crippen LogP contribution >= 0.6 is 0 Å². The van der Waals surface area contributed by atoms with E-state index in [2.05, 4.69) is 20.5 Å². The number of hydrazone groups is 1. The molecule has 8 nitrogen and oxygen atoms in total. The predicted molar refractivity (Wildman–Crippen MR) is 105 cm³/mol. The number of anilines is 1. The molecule has 0 aliphatic carbocycles. The number of aromatic nitrogens is 2. The Morgan fingerprint density at radius 1 is 1.14 bits per heavy atom. The monoisotopic (exact) mass is 378 g/mol. The number of hydrogen-bond acceptors (Lipinski definition) is 7. The number of benzene rings is 2. The van der Waals surface area contributed by atoms with E-state index in [0.29, 0.717) is 28.3 Å². The van der Waals surface area contributed by atoms with Gasteiger partial charge >= 0.3 is 5.97 Å². The molecule has 0 amide bonds. The number of esters is 1. The number of ether oxygens (including phenoxy) is 2. The number of carbonyl (C=O) groups is 1. The lowest BCUT2D eigenvalue weighted by Crippen LogP contribution is -2.10. The maximum absolute atomic E-state index is 12.2. The van der Waals surface area contributed by atoms with E-state index >= 15 is 0 Å². The first-order chi connectivity index (χ1) is 13.5. The van der Waals surface area contributed by atoms with Gasteiger partial charge < -0.3 is 9.47 Å². The summed E-state index contributed by atoms with van der Waals surface area (Å²) in [6, 6.07) is 15.1. The lowest BCUT2D eigenvalue weighted by atomic mass is 10.2. The largest absolute Gasteiger partial charge is 0.493 e. The predicted octanol–water partition coefficient (Wildman–Crippen LogP) is 2.75. The van der Waals surface area contributed by atoms with Gasteiger partial charge in [0.05, 0.1) is 18.9 Å². The first-order valence-corrected chi connectivity index (χ1v) is 8.37. The Bertz CT molecular complexity index is 1060. The van der Waals surface area contributed by atoms with Crippen LogP contribution in [0.15, 0.2) is 64.5 Å². The number of nitrogens with zero attached hydrogens (tertiary/aromatic N) is 2. The van der Waals surface area contributed by atoms with Gasteiger partial charge in [0.15, 0.2) is 11.5 Å². The Labute approximate surface area is 160 Å². The molecule has 0 radical (unpaired) electrons. The minimum absolute atomic E-state index is 0.238. The topological polar surface area (TPSA) is 106 Å². The Kier molecular flexibility index (Phi) is 5.81. The van der Waals surface area contributed by atoms with E-state index in [1.807, 2.05) is 6.07 Å². The molecule has 142 valence electrons. The maximum Gasteiger partial charge on any atom is 0.343 e. The molecule has 0 unspecified atom stereocenters. The highest BCUT2D eigenvalue weighted by molar-refractivity contribution is 5.91. The van der Waals surface area contributed by atoms with Gasteiger partial charge in [-0.05, 0) is 42.8 Å². The number of methoxy groups -OCH3 is 1. The second-order valence-corrected chi connectivity index (χ2v) is 5.77. The van der Waals surface area contributed by atoms with Crippen molar-refractivity contribution < 1.29 is 14.3 Å². The molecular weight excluding hydrogens is 360 g/mol. The van der Waals surface area contributed by atoms with E-state index in [9.17, 15) is 9.59 Å². The summed E-state index contributed by atoms with van der Waals surface area (Å²) in [7, 11) is 1.48. The van der Waals surface area contributed by atoms with Gasteiger partial charge in [-0.2, -0.15) is 5.10 Å². The summed E-state index contributed by atoms with van der Waals surface area (Å²) >= 11 is 0. The zero-order valence-corrected chi connectivity index (χ0v) is 15.3. The van der Waals surface area contributed by atoms with E-state index in [0.717, 1.165) is 0 Å². The number of hydrogen-bond donors (Lipinski definition) is 2. The highest BCUT2D eigenvalue weighted by Crippen LogP contribution is 2.28. The summed E-state index contributed by atoms with van der Waals surface area (Å²) < 4.78 is 10.7. The molecule has 0 aliphatic heterocycles. The fraction of sp³-hybridized carbons (Fsp3) is 0.100. The zero-order chi connectivity index (χ0) is 19.9. The Hall–Kier alpha value is -3.94. The maximum atomic E-state index is 12.2. The molecule has 0 saturated carbocycles. The van der Waals surface area contributed by atoms with E-state index < -0.39 is 5.97 Å². The molecule has 3 rings (SSSR count). The van der Waals surface area contributed by atoms with Crippen LogP contribution in [0.3, 0.4) is 0 Å². The molecule has 0 bridgehead atoms. The highest BCUT2D eigenvalue weighted by Gasteiger charge is 2.12. The van der Waals surface area contributed by atoms with Crippen LogP contribution in [-0.2, 0) is 0 Å². The summed E-state index contributed by atoms with van der Waals surface area (Å²) in [6.45, 7) is 1.71. The van der Waals surface area contributed by atoms with Crippen LogP contribution < -0.4 is 20.5 Å². The number of aromatic amines is 1. The van der Waals surface area contributed by atoms with Crippen molar-refractivity contribution >= 4 is 18.1 Å². The second-order valence-electron chi connectivity index (χ2n) is 5.77. The molecular formula is C20H18N4O4. The molecule has 0 aliphatic rings. The second kappa shape index (κ2) is 8.63. The summed E-state index contributed by atoms with van der Waals surface area (Å²) in [4.78, 5) is 30.3. The van der Waals surface area contributed by atoms with Crippen molar-refractivity contribution in [2.45, 2.75) is 6.92 Å². The van der Waals surface area contributed by atoms with Crippen LogP contribution in [0.5, 0.6) is 11.5 Å². The van der Waals surface area contributed by atoms with Gasteiger partial charge in [-0.25, -0.2) is 15.2 Å². The highest BCUT2D eigenvalue weighted by atomic mass is 16.6. The molecule has 8 heteroatoms. The van der Waals surface area contributed by atoms with Gasteiger partial charge in [-0.15, -0.1) is 0 Å². The lowest BCUT2D eigenvalue weighted by Gasteiger charge is -2.10. The molecule has 3 aromatic rings. The van der Waals surface area contributed by atoms with Crippen molar-refractivity contribution in [3.63, 3.8) is 0 Å². The van der Waals surface area contributed by atoms with E-state index in [1.54, 1.807) is 49.4 Å². The third-order valence-electron chi connectivity index (χ3n) is 3.65. The average molecular weight is 378 g/mol. The van der Waals surface area contributed by atoms with Crippen molar-refractivity contribution in [3.05, 3.63) is 81.8 Å². The fourth-order valence-corrected chi connectivity index (χ4v) is 2.38. The fourth-order valence-electron chi connectivity index (χ4n) is 2.38. The van der Waals surface area contributed by atoms with Crippen LogP contribution in [0.4, 0.5) is 5.95 Å². The van der Waals surface area contributed by atoms with Gasteiger partial charge in [-0.1, -0.05) is 18.2 Å². The van der Waals surface area contributed by atoms with Gasteiger partial charge in [0.1, 0.15) is 0 Å². The standard InChI is InChI=1S/C20H18N4O4/c1-13-10-18(25)23-20(22-13)24-21-12-14-8-9-16(17(11-14)27-2)28-19(26)15-6-4-3-5-7-15/h3-12H,1-2H3,(H2,22,23,24,25)/b21-12-. The number of carbonyl (C=O) groups excluding carboxylic acids is 1. The molecule has 28 heavy (non-hydrogen) atoms. The third kappa shape index (κ3) is 4.82. The summed E-state index contributed by atoms with van der Waals surface area (Å²) in [6.07, 6.45) is 1.52. The van der Waals surface area contributed by atoms with Gasteiger partial charge in [-0.3, -0.25) is 9.78 Å². The summed E-state index contributed by atoms with van der Waals surface area (Å²) in [5, 5.41) is 4.04. The summed E-state index contributed by atoms with van der Waals surface area (Å²) in [5.74, 6) is 0.444. The van der Waals surface area contributed by atoms with Crippen molar-refractivity contribution in [1.29, 1.82) is 0 Å². The number of H-pyrrole nitrogens is 1. The van der Waals surface area contributed by atoms with E-state index in [4.69, 9.17) is 9.47 Å². The Morgan fingerprint density at radius 3 is 2.64 bits per heavy atom. The summed E-state index contributed by atoms with van der Waals surface area (Å²) in [5.41, 5.74) is 4.10. The normalized spacial score (nSPS) is 10.6. The SMILES string of the molecule is COc1cc(/C=N\Nc2nc(C)cc(=O)[nH]2)ccc1OC(=O)c1ccccc1. The average Bonchev–Trinajstić information content (AvgIpc) is 2.69. The van der Waals surface area contributed by atoms with Crippen molar-refractivity contribution in [2.24, 2.45) is 5.10 Å². The van der Waals surface area contributed by atoms with Crippen molar-refractivity contribution in [3.8, 4) is 11.5 Å². The van der Waals surface area contributed by atoms with E-state index in [1.165, 1.54) is 19.4 Å². The van der Waals surface area contributed by atoms with Crippen molar-refractivity contribution in [2.75, 3.05) is 12.5 Å². The Morgan fingerprint density at radius 2 is 1.93 bits per heavy atom. The van der Waals surface area contributed by atoms with Crippen LogP contribution in [0.25, 0.3) is 0 Å². The van der Waals surface area contributed by atoms with E-state index in [-0.39, 0.29) is 11.5 Å². The molecule has 2 N–H and O–H groups in total. The minimum atomic E-state index is -0.476. The molecule has 0 spiro atoms. The lowest BCUT2D eigenvalue weighted by molar-refractivity contribution is 0.0729. The number of nitrogens with one attached hydrogen (secondary N) is 2. The number of rotatable bonds is 6. The quantitative estimate of drug-likeness (QED) is 0.296. The molecule has 0 fully saturated rings. The number of aryl methyl sites for hydroxylation is 1. The van der Waals surface area contributed by atoms with Crippen molar-refractivity contribution in [1.82, 2.24) is 9.97 Å². The van der Waals surface area contributed by atoms with Gasteiger partial charge in [0, 0.05) is 11.8 Å². The zero-order valence-electron chi connectivity index (χ0n) is 15.3. The van der Waals surface area contributed by atoms with Gasteiger partial charge in [0.25, 0.3) is 5.56 Å². The minimum Gasteiger partial charge on any atom is -0.493 e. The first-order valence-electron chi connectivity index (χ1n) is 8.37. The molecule has 0 saturated heterocycles. The molecule has 1 heterocycles. The Balaban J connectivity index is 1.72. The third-order valence-corrected chi connectivity index (χ3v) is 3.65. The van der Waals surface area contributed by atoms with Crippen LogP contribution in [0, 0.1) is 6.92 Å². The molecule has 0 atom stereocenters. The molecule has 1 aromatic heterocycles. The first kappa shape index (κ1) is 18.8. The van der Waals surface area contributed by atoms with Crippen LogP contribution in [-0.4, -0.2) is 29.3 Å². The van der Waals surface area contributed by atoms with Crippen LogP contribution in [0.1, 0.15) is 21.6 Å². The molecule has 2 aromatic carbocycles. The van der Waals surface area contributed by atoms with Crippen LogP contribution in [0.2, 0.25) is 0 Å². The van der Waals surface area contributed by atoms with Gasteiger partial charge in [0.2, 0.25) is 5.95 Å².